The molecule has 1 aliphatic rings. The molecule has 3 rings (SSSR count). The number of piperidine rings is 1. The predicted molar refractivity (Wildman–Crippen MR) is 80.0 cm³/mol. The molecule has 0 amide bonds. The molecule has 1 saturated heterocycles. The van der Waals surface area contributed by atoms with Crippen molar-refractivity contribution in [3.63, 3.8) is 0 Å². The summed E-state index contributed by atoms with van der Waals surface area (Å²) in [5.41, 5.74) is 0.766. The first-order valence-corrected chi connectivity index (χ1v) is 8.18. The van der Waals surface area contributed by atoms with Gasteiger partial charge in [-0.1, -0.05) is 5.16 Å². The number of hydrogen-bond acceptors (Lipinski definition) is 5. The SMILES string of the molecule is O=C(O)c1cc(C2CCN(Cc3cc(C(F)F)cs3)CC2)no1. The van der Waals surface area contributed by atoms with E-state index in [1.807, 2.05) is 0 Å². The van der Waals surface area contributed by atoms with Gasteiger partial charge in [0, 0.05) is 29.0 Å². The summed E-state index contributed by atoms with van der Waals surface area (Å²) in [6, 6.07) is 3.05. The van der Waals surface area contributed by atoms with Crippen LogP contribution in [0.25, 0.3) is 0 Å². The Morgan fingerprint density at radius 2 is 2.17 bits per heavy atom. The molecule has 0 unspecified atom stereocenters. The highest BCUT2D eigenvalue weighted by molar-refractivity contribution is 7.10. The standard InChI is InChI=1S/C15H16F2N2O3S/c16-14(17)10-5-11(23-8-10)7-19-3-1-9(2-4-19)12-6-13(15(20)21)22-18-12/h5-6,8-9,14H,1-4,7H2,(H,20,21). The Kier molecular flexibility index (Phi) is 4.72. The van der Waals surface area contributed by atoms with E-state index < -0.39 is 12.4 Å². The fraction of sp³-hybridized carbons (Fsp3) is 0.467. The van der Waals surface area contributed by atoms with Gasteiger partial charge in [-0.05, 0) is 37.4 Å². The molecule has 8 heteroatoms. The summed E-state index contributed by atoms with van der Waals surface area (Å²) in [6.45, 7) is 2.31. The molecule has 2 aromatic rings. The highest BCUT2D eigenvalue weighted by Crippen LogP contribution is 2.30. The van der Waals surface area contributed by atoms with Crippen molar-refractivity contribution in [3.8, 4) is 0 Å². The summed E-state index contributed by atoms with van der Waals surface area (Å²) >= 11 is 1.36. The van der Waals surface area contributed by atoms with Crippen molar-refractivity contribution in [1.29, 1.82) is 0 Å². The number of aromatic nitrogens is 1. The maximum absolute atomic E-state index is 12.6. The third kappa shape index (κ3) is 3.76. The molecule has 0 aliphatic carbocycles. The molecule has 0 radical (unpaired) electrons. The summed E-state index contributed by atoms with van der Waals surface area (Å²) in [5.74, 6) is -1.07. The molecule has 124 valence electrons. The van der Waals surface area contributed by atoms with Gasteiger partial charge in [0.05, 0.1) is 5.69 Å². The number of halogens is 2. The lowest BCUT2D eigenvalue weighted by atomic mass is 9.93. The minimum atomic E-state index is -2.42. The molecule has 2 aromatic heterocycles. The first-order chi connectivity index (χ1) is 11.0. The van der Waals surface area contributed by atoms with Gasteiger partial charge in [0.2, 0.25) is 5.76 Å². The van der Waals surface area contributed by atoms with Gasteiger partial charge in [-0.15, -0.1) is 11.3 Å². The molecule has 0 atom stereocenters. The second-order valence-corrected chi connectivity index (χ2v) is 6.61. The van der Waals surface area contributed by atoms with Crippen LogP contribution >= 0.6 is 11.3 Å². The van der Waals surface area contributed by atoms with Crippen LogP contribution in [0.4, 0.5) is 8.78 Å². The maximum atomic E-state index is 12.6. The zero-order chi connectivity index (χ0) is 16.4. The van der Waals surface area contributed by atoms with Crippen LogP contribution in [-0.2, 0) is 6.54 Å². The normalized spacial score (nSPS) is 17.0. The number of thiophene rings is 1. The second kappa shape index (κ2) is 6.76. The van der Waals surface area contributed by atoms with Crippen LogP contribution in [-0.4, -0.2) is 34.2 Å². The Labute approximate surface area is 135 Å². The fourth-order valence-corrected chi connectivity index (χ4v) is 3.70. The summed E-state index contributed by atoms with van der Waals surface area (Å²) in [7, 11) is 0. The monoisotopic (exact) mass is 342 g/mol. The van der Waals surface area contributed by atoms with Gasteiger partial charge >= 0.3 is 5.97 Å². The van der Waals surface area contributed by atoms with E-state index in [0.29, 0.717) is 12.2 Å². The van der Waals surface area contributed by atoms with E-state index in [1.165, 1.54) is 22.8 Å². The lowest BCUT2D eigenvalue weighted by Crippen LogP contribution is -2.32. The molecule has 0 bridgehead atoms. The smallest absolute Gasteiger partial charge is 0.374 e. The van der Waals surface area contributed by atoms with E-state index in [-0.39, 0.29) is 17.2 Å². The highest BCUT2D eigenvalue weighted by Gasteiger charge is 2.25. The summed E-state index contributed by atoms with van der Waals surface area (Å²) < 4.78 is 30.0. The topological polar surface area (TPSA) is 66.6 Å². The van der Waals surface area contributed by atoms with Crippen molar-refractivity contribution in [3.05, 3.63) is 39.4 Å². The molecule has 1 fully saturated rings. The summed E-state index contributed by atoms with van der Waals surface area (Å²) in [4.78, 5) is 14.0. The van der Waals surface area contributed by atoms with Crippen LogP contribution in [0.3, 0.4) is 0 Å². The van der Waals surface area contributed by atoms with Crippen molar-refractivity contribution in [1.82, 2.24) is 10.1 Å². The molecule has 5 nitrogen and oxygen atoms in total. The number of hydrogen-bond donors (Lipinski definition) is 1. The molecule has 23 heavy (non-hydrogen) atoms. The summed E-state index contributed by atoms with van der Waals surface area (Å²) in [6.07, 6.45) is -0.724. The molecule has 0 spiro atoms. The van der Waals surface area contributed by atoms with Gasteiger partial charge in [0.1, 0.15) is 0 Å². The lowest BCUT2D eigenvalue weighted by Gasteiger charge is -2.30. The number of carbonyl (C=O) groups is 1. The summed E-state index contributed by atoms with van der Waals surface area (Å²) in [5, 5.41) is 14.2. The van der Waals surface area contributed by atoms with E-state index in [2.05, 4.69) is 10.1 Å². The molecule has 0 aromatic carbocycles. The minimum Gasteiger partial charge on any atom is -0.475 e. The fourth-order valence-electron chi connectivity index (χ4n) is 2.78. The van der Waals surface area contributed by atoms with E-state index in [0.717, 1.165) is 30.8 Å². The lowest BCUT2D eigenvalue weighted by molar-refractivity contribution is 0.0651. The Balaban J connectivity index is 1.54. The van der Waals surface area contributed by atoms with Crippen LogP contribution in [0.15, 0.2) is 22.0 Å². The second-order valence-electron chi connectivity index (χ2n) is 5.62. The Bertz CT molecular complexity index is 678. The number of alkyl halides is 2. The van der Waals surface area contributed by atoms with Crippen molar-refractivity contribution in [2.45, 2.75) is 31.7 Å². The first-order valence-electron chi connectivity index (χ1n) is 7.30. The van der Waals surface area contributed by atoms with E-state index in [9.17, 15) is 13.6 Å². The molecular formula is C15H16F2N2O3S. The van der Waals surface area contributed by atoms with Crippen LogP contribution in [0.1, 0.15) is 51.9 Å². The third-order valence-corrected chi connectivity index (χ3v) is 4.99. The Morgan fingerprint density at radius 3 is 2.74 bits per heavy atom. The number of rotatable bonds is 5. The van der Waals surface area contributed by atoms with Crippen molar-refractivity contribution >= 4 is 17.3 Å². The first kappa shape index (κ1) is 16.1. The maximum Gasteiger partial charge on any atom is 0.374 e. The zero-order valence-corrected chi connectivity index (χ0v) is 13.1. The number of carboxylic acids is 1. The average Bonchev–Trinajstić information content (AvgIpc) is 3.17. The van der Waals surface area contributed by atoms with Gasteiger partial charge < -0.3 is 9.63 Å². The molecular weight excluding hydrogens is 326 g/mol. The van der Waals surface area contributed by atoms with Gasteiger partial charge in [-0.2, -0.15) is 0 Å². The van der Waals surface area contributed by atoms with Gasteiger partial charge in [0.15, 0.2) is 0 Å². The predicted octanol–water partition coefficient (Wildman–Crippen LogP) is 3.75. The van der Waals surface area contributed by atoms with Crippen molar-refractivity contribution in [2.24, 2.45) is 0 Å². The zero-order valence-electron chi connectivity index (χ0n) is 12.2. The van der Waals surface area contributed by atoms with E-state index in [1.54, 1.807) is 6.07 Å². The molecule has 1 aliphatic heterocycles. The Hall–Kier alpha value is -1.80. The number of carboxylic acid groups (broad SMARTS) is 1. The van der Waals surface area contributed by atoms with Crippen LogP contribution < -0.4 is 0 Å². The van der Waals surface area contributed by atoms with Gasteiger partial charge in [0.25, 0.3) is 6.43 Å². The Morgan fingerprint density at radius 1 is 1.43 bits per heavy atom. The minimum absolute atomic E-state index is 0.0867. The molecule has 1 N–H and O–H groups in total. The van der Waals surface area contributed by atoms with Gasteiger partial charge in [-0.3, -0.25) is 4.90 Å². The van der Waals surface area contributed by atoms with E-state index in [4.69, 9.17) is 9.63 Å². The van der Waals surface area contributed by atoms with E-state index >= 15 is 0 Å². The number of nitrogens with zero attached hydrogens (tertiary/aromatic N) is 2. The average molecular weight is 342 g/mol. The van der Waals surface area contributed by atoms with Crippen molar-refractivity contribution < 1.29 is 23.2 Å². The highest BCUT2D eigenvalue weighted by atomic mass is 32.1. The van der Waals surface area contributed by atoms with Gasteiger partial charge in [-0.25, -0.2) is 13.6 Å². The number of aromatic carboxylic acids is 1. The van der Waals surface area contributed by atoms with Crippen LogP contribution in [0, 0.1) is 0 Å². The number of likely N-dealkylation sites (tertiary alicyclic amines) is 1. The molecule has 3 heterocycles. The van der Waals surface area contributed by atoms with Crippen LogP contribution in [0.5, 0.6) is 0 Å². The van der Waals surface area contributed by atoms with Crippen LogP contribution in [0.2, 0.25) is 0 Å². The largest absolute Gasteiger partial charge is 0.475 e. The van der Waals surface area contributed by atoms with Crippen molar-refractivity contribution in [2.75, 3.05) is 13.1 Å². The molecule has 0 saturated carbocycles. The third-order valence-electron chi connectivity index (χ3n) is 4.05. The quantitative estimate of drug-likeness (QED) is 0.896.